The van der Waals surface area contributed by atoms with Crippen molar-refractivity contribution < 1.29 is 9.90 Å². The minimum atomic E-state index is -0.133. The first-order valence-electron chi connectivity index (χ1n) is 6.26. The highest BCUT2D eigenvalue weighted by atomic mass is 16.3. The lowest BCUT2D eigenvalue weighted by molar-refractivity contribution is -0.122. The molecule has 0 radical (unpaired) electrons. The molecule has 16 heavy (non-hydrogen) atoms. The molecule has 0 saturated heterocycles. The molecule has 1 aliphatic rings. The van der Waals surface area contributed by atoms with Crippen molar-refractivity contribution in [1.29, 1.82) is 0 Å². The van der Waals surface area contributed by atoms with E-state index in [0.29, 0.717) is 24.8 Å². The zero-order chi connectivity index (χ0) is 12.0. The Kier molecular flexibility index (Phi) is 5.77. The van der Waals surface area contributed by atoms with E-state index in [4.69, 9.17) is 10.8 Å². The van der Waals surface area contributed by atoms with Crippen molar-refractivity contribution in [2.24, 2.45) is 17.6 Å². The van der Waals surface area contributed by atoms with Crippen LogP contribution in [0.3, 0.4) is 0 Å². The average molecular weight is 228 g/mol. The Morgan fingerprint density at radius 1 is 1.50 bits per heavy atom. The number of aliphatic hydroxyl groups is 1. The summed E-state index contributed by atoms with van der Waals surface area (Å²) < 4.78 is 0. The van der Waals surface area contributed by atoms with Crippen molar-refractivity contribution in [2.75, 3.05) is 13.1 Å². The van der Waals surface area contributed by atoms with Crippen LogP contribution in [-0.4, -0.2) is 30.2 Å². The first-order chi connectivity index (χ1) is 7.61. The van der Waals surface area contributed by atoms with Gasteiger partial charge in [0.1, 0.15) is 0 Å². The van der Waals surface area contributed by atoms with E-state index in [1.54, 1.807) is 0 Å². The third kappa shape index (κ3) is 4.94. The van der Waals surface area contributed by atoms with E-state index in [1.165, 1.54) is 0 Å². The first-order valence-corrected chi connectivity index (χ1v) is 6.26. The molecule has 1 unspecified atom stereocenters. The third-order valence-corrected chi connectivity index (χ3v) is 3.32. The zero-order valence-electron chi connectivity index (χ0n) is 10.1. The van der Waals surface area contributed by atoms with Crippen molar-refractivity contribution in [2.45, 2.75) is 45.1 Å². The highest BCUT2D eigenvalue weighted by Crippen LogP contribution is 2.26. The van der Waals surface area contributed by atoms with Crippen molar-refractivity contribution in [1.82, 2.24) is 5.32 Å². The normalized spacial score (nSPS) is 25.9. The molecule has 4 N–H and O–H groups in total. The number of nitrogens with one attached hydrogen (secondary N) is 1. The lowest BCUT2D eigenvalue weighted by Gasteiger charge is -2.31. The fourth-order valence-electron chi connectivity index (χ4n) is 2.02. The summed E-state index contributed by atoms with van der Waals surface area (Å²) in [6.07, 6.45) is 4.04. The molecule has 1 amide bonds. The van der Waals surface area contributed by atoms with Crippen LogP contribution in [0.4, 0.5) is 0 Å². The van der Waals surface area contributed by atoms with Gasteiger partial charge in [-0.25, -0.2) is 0 Å². The molecule has 1 fully saturated rings. The number of rotatable bonds is 7. The van der Waals surface area contributed by atoms with Gasteiger partial charge in [0, 0.05) is 13.0 Å². The molecule has 0 heterocycles. The van der Waals surface area contributed by atoms with Crippen LogP contribution in [0.1, 0.15) is 39.0 Å². The van der Waals surface area contributed by atoms with Gasteiger partial charge in [-0.15, -0.1) is 0 Å². The lowest BCUT2D eigenvalue weighted by atomic mass is 9.82. The van der Waals surface area contributed by atoms with E-state index >= 15 is 0 Å². The predicted molar refractivity (Wildman–Crippen MR) is 63.8 cm³/mol. The maximum atomic E-state index is 11.5. The monoisotopic (exact) mass is 228 g/mol. The minimum absolute atomic E-state index is 0.130. The number of amides is 1. The molecular formula is C12H24N2O2. The van der Waals surface area contributed by atoms with Gasteiger partial charge in [-0.1, -0.05) is 6.92 Å². The Bertz CT molecular complexity index is 204. The maximum Gasteiger partial charge on any atom is 0.220 e. The van der Waals surface area contributed by atoms with E-state index in [9.17, 15) is 4.79 Å². The van der Waals surface area contributed by atoms with Gasteiger partial charge in [0.2, 0.25) is 5.91 Å². The summed E-state index contributed by atoms with van der Waals surface area (Å²) >= 11 is 0. The Hall–Kier alpha value is -0.610. The third-order valence-electron chi connectivity index (χ3n) is 3.32. The first kappa shape index (κ1) is 13.5. The summed E-state index contributed by atoms with van der Waals surface area (Å²) in [6.45, 7) is 3.55. The molecule has 1 rings (SSSR count). The number of carbonyl (C=O) groups is 1. The van der Waals surface area contributed by atoms with Crippen LogP contribution in [-0.2, 0) is 4.79 Å². The molecule has 1 atom stereocenters. The largest absolute Gasteiger partial charge is 0.393 e. The van der Waals surface area contributed by atoms with E-state index in [1.807, 2.05) is 0 Å². The highest BCUT2D eigenvalue weighted by Gasteiger charge is 2.26. The summed E-state index contributed by atoms with van der Waals surface area (Å²) in [5.41, 5.74) is 5.45. The van der Waals surface area contributed by atoms with E-state index in [-0.39, 0.29) is 12.0 Å². The summed E-state index contributed by atoms with van der Waals surface area (Å²) in [5.74, 6) is 1.15. The predicted octanol–water partition coefficient (Wildman–Crippen LogP) is 0.639. The molecule has 0 aromatic heterocycles. The molecule has 0 aromatic rings. The van der Waals surface area contributed by atoms with Crippen LogP contribution in [0, 0.1) is 11.8 Å². The average Bonchev–Trinajstić information content (AvgIpc) is 2.20. The van der Waals surface area contributed by atoms with Crippen LogP contribution in [0.15, 0.2) is 0 Å². The second-order valence-electron chi connectivity index (χ2n) is 5.02. The van der Waals surface area contributed by atoms with Crippen molar-refractivity contribution >= 4 is 5.91 Å². The van der Waals surface area contributed by atoms with Gasteiger partial charge in [-0.2, -0.15) is 0 Å². The molecule has 0 aliphatic heterocycles. The summed E-state index contributed by atoms with van der Waals surface area (Å²) in [7, 11) is 0. The fraction of sp³-hybridized carbons (Fsp3) is 0.917. The number of hydrogen-bond acceptors (Lipinski definition) is 3. The van der Waals surface area contributed by atoms with E-state index < -0.39 is 0 Å². The molecule has 1 saturated carbocycles. The number of hydrogen-bond donors (Lipinski definition) is 3. The second kappa shape index (κ2) is 6.86. The quantitative estimate of drug-likeness (QED) is 0.598. The number of nitrogens with two attached hydrogens (primary N) is 1. The van der Waals surface area contributed by atoms with Crippen LogP contribution in [0.5, 0.6) is 0 Å². The summed E-state index contributed by atoms with van der Waals surface area (Å²) in [6, 6.07) is 0. The Morgan fingerprint density at radius 3 is 2.75 bits per heavy atom. The Morgan fingerprint density at radius 2 is 2.19 bits per heavy atom. The molecule has 0 bridgehead atoms. The summed E-state index contributed by atoms with van der Waals surface area (Å²) in [5, 5.41) is 12.0. The number of carbonyl (C=O) groups excluding carboxylic acids is 1. The van der Waals surface area contributed by atoms with Crippen LogP contribution in [0.2, 0.25) is 0 Å². The van der Waals surface area contributed by atoms with Gasteiger partial charge in [0.05, 0.1) is 6.10 Å². The van der Waals surface area contributed by atoms with Gasteiger partial charge < -0.3 is 16.2 Å². The zero-order valence-corrected chi connectivity index (χ0v) is 10.1. The molecular weight excluding hydrogens is 204 g/mol. The lowest BCUT2D eigenvalue weighted by Crippen LogP contribution is -2.38. The summed E-state index contributed by atoms with van der Waals surface area (Å²) in [4.78, 5) is 11.5. The molecule has 1 aliphatic carbocycles. The SMILES string of the molecule is CC(CCN)CCC(=O)NCC1CC(O)C1. The molecule has 4 nitrogen and oxygen atoms in total. The number of aliphatic hydroxyl groups excluding tert-OH is 1. The van der Waals surface area contributed by atoms with Gasteiger partial charge in [0.15, 0.2) is 0 Å². The highest BCUT2D eigenvalue weighted by molar-refractivity contribution is 5.75. The molecule has 94 valence electrons. The van der Waals surface area contributed by atoms with E-state index in [0.717, 1.165) is 32.2 Å². The van der Waals surface area contributed by atoms with Crippen molar-refractivity contribution in [3.8, 4) is 0 Å². The Labute approximate surface area is 97.6 Å². The van der Waals surface area contributed by atoms with Gasteiger partial charge >= 0.3 is 0 Å². The van der Waals surface area contributed by atoms with Gasteiger partial charge in [0.25, 0.3) is 0 Å². The second-order valence-corrected chi connectivity index (χ2v) is 5.02. The molecule has 0 aromatic carbocycles. The molecule has 4 heteroatoms. The van der Waals surface area contributed by atoms with Gasteiger partial charge in [-0.3, -0.25) is 4.79 Å². The van der Waals surface area contributed by atoms with Gasteiger partial charge in [-0.05, 0) is 44.1 Å². The van der Waals surface area contributed by atoms with Crippen LogP contribution < -0.4 is 11.1 Å². The van der Waals surface area contributed by atoms with E-state index in [2.05, 4.69) is 12.2 Å². The minimum Gasteiger partial charge on any atom is -0.393 e. The fourth-order valence-corrected chi connectivity index (χ4v) is 2.02. The van der Waals surface area contributed by atoms with Crippen LogP contribution in [0.25, 0.3) is 0 Å². The van der Waals surface area contributed by atoms with Crippen molar-refractivity contribution in [3.63, 3.8) is 0 Å². The topological polar surface area (TPSA) is 75.4 Å². The molecule has 0 spiro atoms. The smallest absolute Gasteiger partial charge is 0.220 e. The maximum absolute atomic E-state index is 11.5. The van der Waals surface area contributed by atoms with Crippen molar-refractivity contribution in [3.05, 3.63) is 0 Å². The standard InChI is InChI=1S/C12H24N2O2/c1-9(4-5-13)2-3-12(16)14-8-10-6-11(15)7-10/h9-11,15H,2-8,13H2,1H3,(H,14,16). The van der Waals surface area contributed by atoms with Crippen LogP contribution >= 0.6 is 0 Å². The Balaban J connectivity index is 1.98.